The van der Waals surface area contributed by atoms with Gasteiger partial charge in [-0.25, -0.2) is 4.79 Å². The fourth-order valence-electron chi connectivity index (χ4n) is 1.81. The summed E-state index contributed by atoms with van der Waals surface area (Å²) in [6, 6.07) is 10.7. The van der Waals surface area contributed by atoms with E-state index in [-0.39, 0.29) is 0 Å². The molecule has 5 heteroatoms. The van der Waals surface area contributed by atoms with Crippen molar-refractivity contribution in [2.24, 2.45) is 0 Å². The summed E-state index contributed by atoms with van der Waals surface area (Å²) in [5, 5.41) is 3.77. The number of nitrogens with two attached hydrogens (primary N) is 1. The van der Waals surface area contributed by atoms with Crippen molar-refractivity contribution in [1.29, 1.82) is 0 Å². The molecular weight excluding hydrogens is 276 g/mol. The van der Waals surface area contributed by atoms with E-state index in [1.165, 1.54) is 7.11 Å². The largest absolute Gasteiger partial charge is 0.465 e. The fraction of sp³-hybridized carbons (Fsp3) is 0.133. The molecule has 3 N–H and O–H groups in total. The number of benzene rings is 2. The third-order valence-corrected chi connectivity index (χ3v) is 3.19. The summed E-state index contributed by atoms with van der Waals surface area (Å²) in [6.45, 7) is 1.98. The molecule has 0 aliphatic carbocycles. The lowest BCUT2D eigenvalue weighted by Gasteiger charge is -2.11. The average Bonchev–Trinajstić information content (AvgIpc) is 2.44. The van der Waals surface area contributed by atoms with Gasteiger partial charge in [-0.05, 0) is 42.8 Å². The number of carbonyl (C=O) groups is 1. The molecule has 0 bridgehead atoms. The SMILES string of the molecule is COC(=O)c1cc(Nc2cc(C)ccc2Cl)ccc1N. The molecular formula is C15H15ClN2O2. The molecule has 0 radical (unpaired) electrons. The summed E-state index contributed by atoms with van der Waals surface area (Å²) in [5.41, 5.74) is 9.02. The molecule has 0 aliphatic rings. The molecule has 20 heavy (non-hydrogen) atoms. The van der Waals surface area contributed by atoms with Crippen molar-refractivity contribution in [3.05, 3.63) is 52.5 Å². The van der Waals surface area contributed by atoms with Crippen LogP contribution < -0.4 is 11.1 Å². The summed E-state index contributed by atoms with van der Waals surface area (Å²) in [4.78, 5) is 11.6. The van der Waals surface area contributed by atoms with Crippen LogP contribution >= 0.6 is 11.6 Å². The molecule has 0 unspecified atom stereocenters. The van der Waals surface area contributed by atoms with Crippen LogP contribution in [0.3, 0.4) is 0 Å². The number of hydrogen-bond donors (Lipinski definition) is 2. The average molecular weight is 291 g/mol. The number of hydrogen-bond acceptors (Lipinski definition) is 4. The van der Waals surface area contributed by atoms with Crippen LogP contribution in [0.5, 0.6) is 0 Å². The van der Waals surface area contributed by atoms with Gasteiger partial charge in [0.15, 0.2) is 0 Å². The molecule has 0 spiro atoms. The normalized spacial score (nSPS) is 10.2. The van der Waals surface area contributed by atoms with Gasteiger partial charge in [0, 0.05) is 11.4 Å². The molecule has 0 amide bonds. The minimum atomic E-state index is -0.471. The second-order valence-electron chi connectivity index (χ2n) is 4.40. The predicted molar refractivity (Wildman–Crippen MR) is 81.7 cm³/mol. The lowest BCUT2D eigenvalue weighted by molar-refractivity contribution is 0.0602. The molecule has 2 rings (SSSR count). The first kappa shape index (κ1) is 14.2. The number of nitrogens with one attached hydrogen (secondary N) is 1. The molecule has 0 aromatic heterocycles. The van der Waals surface area contributed by atoms with E-state index in [1.54, 1.807) is 18.2 Å². The van der Waals surface area contributed by atoms with Gasteiger partial charge >= 0.3 is 5.97 Å². The van der Waals surface area contributed by atoms with E-state index >= 15 is 0 Å². The molecule has 0 atom stereocenters. The lowest BCUT2D eigenvalue weighted by atomic mass is 10.1. The number of carbonyl (C=O) groups excluding carboxylic acids is 1. The highest BCUT2D eigenvalue weighted by Crippen LogP contribution is 2.28. The van der Waals surface area contributed by atoms with Crippen LogP contribution in [-0.2, 0) is 4.74 Å². The van der Waals surface area contributed by atoms with Gasteiger partial charge < -0.3 is 15.8 Å². The van der Waals surface area contributed by atoms with Crippen LogP contribution in [0.4, 0.5) is 17.1 Å². The Hall–Kier alpha value is -2.20. The number of methoxy groups -OCH3 is 1. The van der Waals surface area contributed by atoms with Gasteiger partial charge in [-0.2, -0.15) is 0 Å². The Labute approximate surface area is 122 Å². The van der Waals surface area contributed by atoms with Gasteiger partial charge in [-0.1, -0.05) is 17.7 Å². The Morgan fingerprint density at radius 1 is 1.25 bits per heavy atom. The molecule has 2 aromatic rings. The number of aryl methyl sites for hydroxylation is 1. The molecule has 0 saturated heterocycles. The Kier molecular flexibility index (Phi) is 4.15. The standard InChI is InChI=1S/C15H15ClN2O2/c1-9-3-5-12(16)14(7-9)18-10-4-6-13(17)11(8-10)15(19)20-2/h3-8,18H,17H2,1-2H3. The topological polar surface area (TPSA) is 64.3 Å². The molecule has 0 heterocycles. The molecule has 0 saturated carbocycles. The molecule has 0 aliphatic heterocycles. The highest BCUT2D eigenvalue weighted by Gasteiger charge is 2.11. The van der Waals surface area contributed by atoms with Crippen molar-refractivity contribution in [3.63, 3.8) is 0 Å². The number of halogens is 1. The van der Waals surface area contributed by atoms with Crippen molar-refractivity contribution in [2.45, 2.75) is 6.92 Å². The van der Waals surface area contributed by atoms with E-state index in [4.69, 9.17) is 22.1 Å². The molecule has 0 fully saturated rings. The zero-order valence-corrected chi connectivity index (χ0v) is 12.0. The first-order valence-electron chi connectivity index (χ1n) is 6.02. The van der Waals surface area contributed by atoms with Crippen LogP contribution in [-0.4, -0.2) is 13.1 Å². The van der Waals surface area contributed by atoms with Crippen LogP contribution in [0.25, 0.3) is 0 Å². The Balaban J connectivity index is 2.34. The van der Waals surface area contributed by atoms with E-state index in [2.05, 4.69) is 5.32 Å². The van der Waals surface area contributed by atoms with Crippen molar-refractivity contribution in [3.8, 4) is 0 Å². The van der Waals surface area contributed by atoms with E-state index < -0.39 is 5.97 Å². The summed E-state index contributed by atoms with van der Waals surface area (Å²) >= 11 is 6.13. The fourth-order valence-corrected chi connectivity index (χ4v) is 1.98. The zero-order valence-electron chi connectivity index (χ0n) is 11.2. The van der Waals surface area contributed by atoms with Crippen LogP contribution in [0.15, 0.2) is 36.4 Å². The summed E-state index contributed by atoms with van der Waals surface area (Å²) in [6.07, 6.45) is 0. The summed E-state index contributed by atoms with van der Waals surface area (Å²) in [7, 11) is 1.32. The van der Waals surface area contributed by atoms with Crippen molar-refractivity contribution in [2.75, 3.05) is 18.2 Å². The smallest absolute Gasteiger partial charge is 0.340 e. The summed E-state index contributed by atoms with van der Waals surface area (Å²) in [5.74, 6) is -0.471. The van der Waals surface area contributed by atoms with E-state index in [0.717, 1.165) is 11.3 Å². The third kappa shape index (κ3) is 3.03. The predicted octanol–water partition coefficient (Wildman–Crippen LogP) is 3.76. The Bertz CT molecular complexity index is 656. The first-order valence-corrected chi connectivity index (χ1v) is 6.40. The Morgan fingerprint density at radius 3 is 2.70 bits per heavy atom. The van der Waals surface area contributed by atoms with Crippen LogP contribution in [0.2, 0.25) is 5.02 Å². The molecule has 104 valence electrons. The maximum absolute atomic E-state index is 11.6. The van der Waals surface area contributed by atoms with E-state index in [1.807, 2.05) is 25.1 Å². The van der Waals surface area contributed by atoms with Gasteiger partial charge in [0.1, 0.15) is 0 Å². The van der Waals surface area contributed by atoms with Crippen molar-refractivity contribution >= 4 is 34.6 Å². The van der Waals surface area contributed by atoms with Gasteiger partial charge in [-0.15, -0.1) is 0 Å². The van der Waals surface area contributed by atoms with Gasteiger partial charge in [0.2, 0.25) is 0 Å². The second kappa shape index (κ2) is 5.84. The van der Waals surface area contributed by atoms with Crippen LogP contribution in [0, 0.1) is 6.92 Å². The number of nitrogen functional groups attached to an aromatic ring is 1. The number of rotatable bonds is 3. The first-order chi connectivity index (χ1) is 9.51. The number of anilines is 3. The zero-order chi connectivity index (χ0) is 14.7. The minimum Gasteiger partial charge on any atom is -0.465 e. The van der Waals surface area contributed by atoms with Gasteiger partial charge in [0.05, 0.1) is 23.4 Å². The van der Waals surface area contributed by atoms with Gasteiger partial charge in [0.25, 0.3) is 0 Å². The number of esters is 1. The van der Waals surface area contributed by atoms with Crippen molar-refractivity contribution in [1.82, 2.24) is 0 Å². The molecule has 2 aromatic carbocycles. The maximum Gasteiger partial charge on any atom is 0.340 e. The molecule has 4 nitrogen and oxygen atoms in total. The Morgan fingerprint density at radius 2 is 2.00 bits per heavy atom. The second-order valence-corrected chi connectivity index (χ2v) is 4.81. The lowest BCUT2D eigenvalue weighted by Crippen LogP contribution is -2.06. The quantitative estimate of drug-likeness (QED) is 0.667. The van der Waals surface area contributed by atoms with Gasteiger partial charge in [-0.3, -0.25) is 0 Å². The van der Waals surface area contributed by atoms with Crippen molar-refractivity contribution < 1.29 is 9.53 Å². The summed E-state index contributed by atoms with van der Waals surface area (Å²) < 4.78 is 4.69. The highest BCUT2D eigenvalue weighted by molar-refractivity contribution is 6.33. The van der Waals surface area contributed by atoms with E-state index in [0.29, 0.717) is 22.0 Å². The minimum absolute atomic E-state index is 0.321. The maximum atomic E-state index is 11.6. The van der Waals surface area contributed by atoms with Crippen LogP contribution in [0.1, 0.15) is 15.9 Å². The van der Waals surface area contributed by atoms with E-state index in [9.17, 15) is 4.79 Å². The number of ether oxygens (including phenoxy) is 1. The highest BCUT2D eigenvalue weighted by atomic mass is 35.5. The monoisotopic (exact) mass is 290 g/mol. The third-order valence-electron chi connectivity index (χ3n) is 2.86.